The highest BCUT2D eigenvalue weighted by Crippen LogP contribution is 2.54. The molecule has 0 aromatic heterocycles. The Morgan fingerprint density at radius 1 is 1.57 bits per heavy atom. The molecule has 21 heavy (non-hydrogen) atoms. The molecule has 3 rings (SSSR count). The fourth-order valence-corrected chi connectivity index (χ4v) is 3.82. The molecule has 2 N–H and O–H groups in total. The molecule has 0 bridgehead atoms. The molecule has 2 aliphatic rings. The number of ether oxygens (including phenoxy) is 1. The van der Waals surface area contributed by atoms with Gasteiger partial charge in [0.05, 0.1) is 18.2 Å². The van der Waals surface area contributed by atoms with Gasteiger partial charge in [-0.15, -0.1) is 0 Å². The number of nitriles is 1. The van der Waals surface area contributed by atoms with Crippen molar-refractivity contribution in [1.82, 2.24) is 0 Å². The number of fused-ring (bicyclic) bond motifs is 3. The minimum atomic E-state index is -1.10. The molecule has 1 aliphatic carbocycles. The number of hydrogen-bond donors (Lipinski definition) is 2. The monoisotopic (exact) mass is 286 g/mol. The highest BCUT2D eigenvalue weighted by atomic mass is 16.5. The van der Waals surface area contributed by atoms with Crippen LogP contribution in [0.25, 0.3) is 0 Å². The molecular formula is C17H22N2O2. The van der Waals surface area contributed by atoms with Crippen molar-refractivity contribution >= 4 is 5.69 Å². The topological polar surface area (TPSA) is 65.3 Å². The minimum absolute atomic E-state index is 0.0724. The summed E-state index contributed by atoms with van der Waals surface area (Å²) in [4.78, 5) is 0. The highest BCUT2D eigenvalue weighted by Gasteiger charge is 2.50. The van der Waals surface area contributed by atoms with Crippen LogP contribution in [0.2, 0.25) is 0 Å². The predicted octanol–water partition coefficient (Wildman–Crippen LogP) is 3.16. The maximum Gasteiger partial charge on any atom is 0.167 e. The number of hydrogen-bond acceptors (Lipinski definition) is 4. The van der Waals surface area contributed by atoms with E-state index in [-0.39, 0.29) is 18.6 Å². The molecule has 0 saturated heterocycles. The van der Waals surface area contributed by atoms with E-state index in [1.54, 1.807) is 0 Å². The van der Waals surface area contributed by atoms with Crippen molar-refractivity contribution in [2.24, 2.45) is 11.8 Å². The van der Waals surface area contributed by atoms with Crippen molar-refractivity contribution in [3.8, 4) is 11.8 Å². The van der Waals surface area contributed by atoms with Crippen LogP contribution >= 0.6 is 0 Å². The predicted molar refractivity (Wildman–Crippen MR) is 80.9 cm³/mol. The number of rotatable bonds is 3. The first-order chi connectivity index (χ1) is 10.0. The van der Waals surface area contributed by atoms with Crippen LogP contribution in [0.5, 0.6) is 5.75 Å². The van der Waals surface area contributed by atoms with Crippen LogP contribution in [0, 0.1) is 23.2 Å². The minimum Gasteiger partial charge on any atom is -0.468 e. The highest BCUT2D eigenvalue weighted by molar-refractivity contribution is 5.68. The Kier molecular flexibility index (Phi) is 3.33. The first-order valence-electron chi connectivity index (χ1n) is 7.70. The van der Waals surface area contributed by atoms with E-state index in [2.05, 4.69) is 31.3 Å². The van der Waals surface area contributed by atoms with Crippen molar-refractivity contribution in [3.05, 3.63) is 23.3 Å². The molecule has 112 valence electrons. The molecule has 0 radical (unpaired) electrons. The van der Waals surface area contributed by atoms with Gasteiger partial charge in [0.2, 0.25) is 0 Å². The Hall–Kier alpha value is -1.73. The quantitative estimate of drug-likeness (QED) is 0.896. The summed E-state index contributed by atoms with van der Waals surface area (Å²) in [6.45, 7) is 6.22. The smallest absolute Gasteiger partial charge is 0.167 e. The SMILES string of the molecule is CCC(C)C1Cc2ccc3c(c2C1(O)CC#N)OC(C)N3. The van der Waals surface area contributed by atoms with Crippen molar-refractivity contribution < 1.29 is 9.84 Å². The van der Waals surface area contributed by atoms with Gasteiger partial charge in [-0.05, 0) is 36.8 Å². The second kappa shape index (κ2) is 4.92. The molecule has 1 aromatic rings. The normalized spacial score (nSPS) is 30.8. The standard InChI is InChI=1S/C17H22N2O2/c1-4-10(2)13-9-12-5-6-14-16(21-11(3)19-14)15(12)17(13,20)7-8-18/h5-6,10-11,13,19-20H,4,7,9H2,1-3H3. The second-order valence-electron chi connectivity index (χ2n) is 6.34. The third-order valence-corrected chi connectivity index (χ3v) is 5.06. The van der Waals surface area contributed by atoms with Crippen molar-refractivity contribution in [1.29, 1.82) is 5.26 Å². The summed E-state index contributed by atoms with van der Waals surface area (Å²) in [6.07, 6.45) is 1.82. The zero-order valence-electron chi connectivity index (χ0n) is 12.8. The Morgan fingerprint density at radius 2 is 2.33 bits per heavy atom. The average molecular weight is 286 g/mol. The van der Waals surface area contributed by atoms with Crippen LogP contribution in [-0.2, 0) is 12.0 Å². The van der Waals surface area contributed by atoms with Crippen LogP contribution in [0.3, 0.4) is 0 Å². The van der Waals surface area contributed by atoms with E-state index < -0.39 is 5.60 Å². The first kappa shape index (κ1) is 14.2. The average Bonchev–Trinajstić information content (AvgIpc) is 2.95. The van der Waals surface area contributed by atoms with E-state index in [1.165, 1.54) is 0 Å². The Balaban J connectivity index is 2.13. The lowest BCUT2D eigenvalue weighted by Crippen LogP contribution is -2.35. The summed E-state index contributed by atoms with van der Waals surface area (Å²) in [6, 6.07) is 6.26. The third kappa shape index (κ3) is 1.99. The molecule has 0 spiro atoms. The van der Waals surface area contributed by atoms with Gasteiger partial charge in [-0.25, -0.2) is 0 Å². The molecule has 4 heteroatoms. The number of anilines is 1. The van der Waals surface area contributed by atoms with Crippen LogP contribution in [0.1, 0.15) is 44.7 Å². The van der Waals surface area contributed by atoms with Gasteiger partial charge in [0.15, 0.2) is 12.0 Å². The van der Waals surface area contributed by atoms with Gasteiger partial charge in [-0.1, -0.05) is 26.3 Å². The third-order valence-electron chi connectivity index (χ3n) is 5.06. The Bertz CT molecular complexity index is 608. The molecule has 4 atom stereocenters. The molecular weight excluding hydrogens is 264 g/mol. The zero-order valence-corrected chi connectivity index (χ0v) is 12.8. The van der Waals surface area contributed by atoms with Crippen molar-refractivity contribution in [3.63, 3.8) is 0 Å². The van der Waals surface area contributed by atoms with Crippen LogP contribution in [0.15, 0.2) is 12.1 Å². The summed E-state index contributed by atoms with van der Waals surface area (Å²) < 4.78 is 5.87. The van der Waals surface area contributed by atoms with Gasteiger partial charge >= 0.3 is 0 Å². The van der Waals surface area contributed by atoms with Gasteiger partial charge in [0, 0.05) is 5.56 Å². The summed E-state index contributed by atoms with van der Waals surface area (Å²) >= 11 is 0. The molecule has 1 aliphatic heterocycles. The molecule has 0 saturated carbocycles. The van der Waals surface area contributed by atoms with Crippen LogP contribution < -0.4 is 10.1 Å². The Labute approximate surface area is 125 Å². The first-order valence-corrected chi connectivity index (χ1v) is 7.70. The van der Waals surface area contributed by atoms with Crippen molar-refractivity contribution in [2.75, 3.05) is 5.32 Å². The lowest BCUT2D eigenvalue weighted by atomic mass is 9.76. The summed E-state index contributed by atoms with van der Waals surface area (Å²) in [7, 11) is 0. The molecule has 0 amide bonds. The number of nitrogens with one attached hydrogen (secondary N) is 1. The molecule has 4 unspecified atom stereocenters. The molecule has 4 nitrogen and oxygen atoms in total. The van der Waals surface area contributed by atoms with Crippen LogP contribution in [0.4, 0.5) is 5.69 Å². The van der Waals surface area contributed by atoms with E-state index in [0.717, 1.165) is 35.4 Å². The van der Waals surface area contributed by atoms with E-state index in [1.807, 2.05) is 13.0 Å². The van der Waals surface area contributed by atoms with E-state index in [9.17, 15) is 10.4 Å². The number of nitrogens with zero attached hydrogens (tertiary/aromatic N) is 1. The number of benzene rings is 1. The summed E-state index contributed by atoms with van der Waals surface area (Å²) in [5, 5.41) is 23.8. The molecule has 1 heterocycles. The van der Waals surface area contributed by atoms with E-state index in [0.29, 0.717) is 5.92 Å². The fraction of sp³-hybridized carbons (Fsp3) is 0.588. The second-order valence-corrected chi connectivity index (χ2v) is 6.34. The van der Waals surface area contributed by atoms with Gasteiger partial charge in [0.1, 0.15) is 5.60 Å². The summed E-state index contributed by atoms with van der Waals surface area (Å²) in [5.74, 6) is 1.17. The van der Waals surface area contributed by atoms with Crippen molar-refractivity contribution in [2.45, 2.75) is 51.9 Å². The van der Waals surface area contributed by atoms with E-state index >= 15 is 0 Å². The fourth-order valence-electron chi connectivity index (χ4n) is 3.82. The molecule has 1 aromatic carbocycles. The largest absolute Gasteiger partial charge is 0.468 e. The maximum absolute atomic E-state index is 11.3. The number of aliphatic hydroxyl groups is 1. The van der Waals surface area contributed by atoms with Gasteiger partial charge in [0.25, 0.3) is 0 Å². The lowest BCUT2D eigenvalue weighted by Gasteiger charge is -2.33. The summed E-state index contributed by atoms with van der Waals surface area (Å²) in [5.41, 5.74) is 1.77. The van der Waals surface area contributed by atoms with E-state index in [4.69, 9.17) is 4.74 Å². The van der Waals surface area contributed by atoms with Gasteiger partial charge in [-0.3, -0.25) is 0 Å². The van der Waals surface area contributed by atoms with Crippen LogP contribution in [-0.4, -0.2) is 11.3 Å². The maximum atomic E-state index is 11.3. The Morgan fingerprint density at radius 3 is 3.00 bits per heavy atom. The van der Waals surface area contributed by atoms with Gasteiger partial charge < -0.3 is 15.2 Å². The lowest BCUT2D eigenvalue weighted by molar-refractivity contribution is -0.0309. The van der Waals surface area contributed by atoms with Gasteiger partial charge in [-0.2, -0.15) is 5.26 Å². The zero-order chi connectivity index (χ0) is 15.2. The molecule has 0 fully saturated rings.